The Morgan fingerprint density at radius 1 is 1.22 bits per heavy atom. The van der Waals surface area contributed by atoms with Crippen LogP contribution in [-0.2, 0) is 9.59 Å². The van der Waals surface area contributed by atoms with Crippen LogP contribution in [0.15, 0.2) is 23.8 Å². The summed E-state index contributed by atoms with van der Waals surface area (Å²) in [6.45, 7) is 3.52. The molecule has 0 bridgehead atoms. The highest BCUT2D eigenvalue weighted by atomic mass is 16.5. The molecule has 9 heteroatoms. The number of rotatable bonds is 8. The molecule has 1 aliphatic heterocycles. The maximum atomic E-state index is 13.6. The lowest BCUT2D eigenvalue weighted by Crippen LogP contribution is -2.59. The predicted octanol–water partition coefficient (Wildman–Crippen LogP) is 2.34. The van der Waals surface area contributed by atoms with Crippen molar-refractivity contribution in [3.05, 3.63) is 34.9 Å². The van der Waals surface area contributed by atoms with E-state index in [1.165, 1.54) is 7.11 Å². The molecule has 1 aromatic rings. The van der Waals surface area contributed by atoms with Crippen LogP contribution in [0.3, 0.4) is 0 Å². The molecule has 1 fully saturated rings. The van der Waals surface area contributed by atoms with Crippen molar-refractivity contribution in [2.75, 3.05) is 20.3 Å². The normalized spacial score (nSPS) is 25.3. The largest absolute Gasteiger partial charge is 0.493 e. The first-order chi connectivity index (χ1) is 17.8. The number of amides is 2. The van der Waals surface area contributed by atoms with Crippen molar-refractivity contribution in [2.45, 2.75) is 82.6 Å². The van der Waals surface area contributed by atoms with E-state index in [1.807, 2.05) is 13.8 Å². The molecule has 1 heterocycles. The van der Waals surface area contributed by atoms with Gasteiger partial charge in [-0.2, -0.15) is 0 Å². The first kappa shape index (κ1) is 27.1. The molecule has 1 aromatic carbocycles. The highest BCUT2D eigenvalue weighted by Crippen LogP contribution is 2.51. The lowest BCUT2D eigenvalue weighted by Gasteiger charge is -2.44. The van der Waals surface area contributed by atoms with E-state index in [-0.39, 0.29) is 31.0 Å². The summed E-state index contributed by atoms with van der Waals surface area (Å²) in [5.41, 5.74) is 1.28. The van der Waals surface area contributed by atoms with Gasteiger partial charge >= 0.3 is 0 Å². The number of benzene rings is 1. The molecule has 9 nitrogen and oxygen atoms in total. The second kappa shape index (κ2) is 11.6. The Hall–Kier alpha value is -2.91. The first-order valence-electron chi connectivity index (χ1n) is 13.3. The van der Waals surface area contributed by atoms with Crippen LogP contribution in [0.2, 0.25) is 0 Å². The number of fused-ring (bicyclic) bond motifs is 3. The molecule has 3 N–H and O–H groups in total. The zero-order valence-corrected chi connectivity index (χ0v) is 21.8. The highest BCUT2D eigenvalue weighted by Gasteiger charge is 2.52. The van der Waals surface area contributed by atoms with Gasteiger partial charge in [0.2, 0.25) is 11.8 Å². The third-order valence-electron chi connectivity index (χ3n) is 7.70. The van der Waals surface area contributed by atoms with Crippen LogP contribution >= 0.6 is 0 Å². The number of methoxy groups -OCH3 is 1. The van der Waals surface area contributed by atoms with Crippen molar-refractivity contribution < 1.29 is 34.1 Å². The Kier molecular flexibility index (Phi) is 8.54. The zero-order chi connectivity index (χ0) is 26.7. The minimum atomic E-state index is -1.11. The summed E-state index contributed by atoms with van der Waals surface area (Å²) >= 11 is 0. The Morgan fingerprint density at radius 2 is 1.92 bits per heavy atom. The molecule has 0 unspecified atom stereocenters. The van der Waals surface area contributed by atoms with Gasteiger partial charge in [-0.05, 0) is 31.1 Å². The van der Waals surface area contributed by atoms with Gasteiger partial charge in [0.1, 0.15) is 18.5 Å². The lowest BCUT2D eigenvalue weighted by molar-refractivity contribution is -0.144. The third-order valence-corrected chi connectivity index (χ3v) is 7.70. The number of carbonyl (C=O) groups excluding carboxylic acids is 3. The van der Waals surface area contributed by atoms with Crippen molar-refractivity contribution in [1.29, 1.82) is 0 Å². The molecule has 0 aromatic heterocycles. The van der Waals surface area contributed by atoms with Gasteiger partial charge in [-0.25, -0.2) is 0 Å². The maximum absolute atomic E-state index is 13.6. The van der Waals surface area contributed by atoms with E-state index in [0.717, 1.165) is 38.5 Å². The average molecular weight is 515 g/mol. The second-order valence-corrected chi connectivity index (χ2v) is 10.4. The van der Waals surface area contributed by atoms with Gasteiger partial charge in [0, 0.05) is 35.2 Å². The summed E-state index contributed by atoms with van der Waals surface area (Å²) < 4.78 is 11.7. The molecule has 37 heavy (non-hydrogen) atoms. The van der Waals surface area contributed by atoms with E-state index in [4.69, 9.17) is 9.47 Å². The van der Waals surface area contributed by atoms with E-state index in [0.29, 0.717) is 34.5 Å². The smallest absolute Gasteiger partial charge is 0.247 e. The number of nitrogens with one attached hydrogen (secondary N) is 1. The van der Waals surface area contributed by atoms with Gasteiger partial charge in [0.05, 0.1) is 25.7 Å². The summed E-state index contributed by atoms with van der Waals surface area (Å²) in [6, 6.07) is 2.40. The molecular weight excluding hydrogens is 476 g/mol. The number of ether oxygens (including phenoxy) is 2. The number of nitrogens with zero attached hydrogens (tertiary/aromatic N) is 1. The molecule has 0 saturated heterocycles. The lowest BCUT2D eigenvalue weighted by atomic mass is 9.76. The number of aliphatic hydroxyl groups is 2. The Balaban J connectivity index is 1.83. The molecule has 202 valence electrons. The van der Waals surface area contributed by atoms with Crippen LogP contribution in [0.25, 0.3) is 0 Å². The number of aldehydes is 1. The van der Waals surface area contributed by atoms with Crippen LogP contribution < -0.4 is 14.8 Å². The number of carbonyl (C=O) groups is 3. The third kappa shape index (κ3) is 5.25. The standard InChI is InChI=1S/C28H38N2O7/c1-16(2)28(35)30(18-8-6-4-5-7-9-18)21-14-20(27(34)29-10-11-31)23-19-12-17(15-32)13-22(36-3)25(19)37-26(23)24(21)33/h12-16,18,21,23-24,26,31,33H,4-11H2,1-3H3,(H,29,34)/t21-,23+,24+,26+/m1/s1. The Bertz CT molecular complexity index is 1050. The quantitative estimate of drug-likeness (QED) is 0.359. The zero-order valence-electron chi connectivity index (χ0n) is 21.8. The topological polar surface area (TPSA) is 125 Å². The van der Waals surface area contributed by atoms with Crippen LogP contribution in [-0.4, -0.2) is 77.8 Å². The minimum Gasteiger partial charge on any atom is -0.493 e. The van der Waals surface area contributed by atoms with E-state index in [2.05, 4.69) is 5.32 Å². The summed E-state index contributed by atoms with van der Waals surface area (Å²) in [4.78, 5) is 40.4. The van der Waals surface area contributed by atoms with Gasteiger partial charge < -0.3 is 29.9 Å². The molecule has 0 spiro atoms. The predicted molar refractivity (Wildman–Crippen MR) is 137 cm³/mol. The molecule has 4 rings (SSSR count). The minimum absolute atomic E-state index is 0.0495. The van der Waals surface area contributed by atoms with Gasteiger partial charge in [-0.1, -0.05) is 39.5 Å². The van der Waals surface area contributed by atoms with E-state index in [1.54, 1.807) is 23.1 Å². The van der Waals surface area contributed by atoms with Crippen molar-refractivity contribution in [3.8, 4) is 11.5 Å². The maximum Gasteiger partial charge on any atom is 0.247 e. The number of hydrogen-bond acceptors (Lipinski definition) is 7. The summed E-state index contributed by atoms with van der Waals surface area (Å²) in [5, 5.41) is 23.8. The van der Waals surface area contributed by atoms with E-state index >= 15 is 0 Å². The van der Waals surface area contributed by atoms with Gasteiger partial charge in [0.15, 0.2) is 11.5 Å². The van der Waals surface area contributed by atoms with Crippen molar-refractivity contribution in [2.24, 2.45) is 5.92 Å². The molecular formula is C28H38N2O7. The van der Waals surface area contributed by atoms with E-state index < -0.39 is 30.1 Å². The second-order valence-electron chi connectivity index (χ2n) is 10.4. The van der Waals surface area contributed by atoms with Crippen LogP contribution in [0, 0.1) is 5.92 Å². The highest BCUT2D eigenvalue weighted by molar-refractivity contribution is 5.96. The molecule has 2 aliphatic carbocycles. The Morgan fingerprint density at radius 3 is 2.51 bits per heavy atom. The molecule has 0 radical (unpaired) electrons. The fourth-order valence-corrected chi connectivity index (χ4v) is 5.93. The first-order valence-corrected chi connectivity index (χ1v) is 13.3. The van der Waals surface area contributed by atoms with Crippen molar-refractivity contribution in [1.82, 2.24) is 10.2 Å². The van der Waals surface area contributed by atoms with Crippen LogP contribution in [0.1, 0.15) is 74.2 Å². The summed E-state index contributed by atoms with van der Waals surface area (Å²) in [6.07, 6.45) is 6.34. The number of hydrogen-bond donors (Lipinski definition) is 3. The van der Waals surface area contributed by atoms with Crippen molar-refractivity contribution >= 4 is 18.1 Å². The van der Waals surface area contributed by atoms with Gasteiger partial charge in [0.25, 0.3) is 0 Å². The molecule has 1 saturated carbocycles. The van der Waals surface area contributed by atoms with Crippen LogP contribution in [0.4, 0.5) is 0 Å². The number of aliphatic hydroxyl groups excluding tert-OH is 2. The molecule has 4 atom stereocenters. The van der Waals surface area contributed by atoms with Crippen LogP contribution in [0.5, 0.6) is 11.5 Å². The van der Waals surface area contributed by atoms with Crippen molar-refractivity contribution in [3.63, 3.8) is 0 Å². The fraction of sp³-hybridized carbons (Fsp3) is 0.607. The monoisotopic (exact) mass is 514 g/mol. The molecule has 2 amide bonds. The molecule has 3 aliphatic rings. The summed E-state index contributed by atoms with van der Waals surface area (Å²) in [7, 11) is 1.47. The van der Waals surface area contributed by atoms with Gasteiger partial charge in [-0.15, -0.1) is 0 Å². The fourth-order valence-electron chi connectivity index (χ4n) is 5.93. The average Bonchev–Trinajstić information content (AvgIpc) is 3.08. The van der Waals surface area contributed by atoms with E-state index in [9.17, 15) is 24.6 Å². The summed E-state index contributed by atoms with van der Waals surface area (Å²) in [5.74, 6) is -0.724. The Labute approximate surface area is 217 Å². The van der Waals surface area contributed by atoms with Gasteiger partial charge in [-0.3, -0.25) is 14.4 Å². The SMILES string of the molecule is COc1cc(C=O)cc2c1O[C@@H]1[C@@H](O)[C@H](N(C(=O)C(C)C)C3CCCCCC3)C=C(C(=O)NCCO)[C@H]21.